The van der Waals surface area contributed by atoms with Gasteiger partial charge in [-0.25, -0.2) is 0 Å². The maximum absolute atomic E-state index is 12.4. The van der Waals surface area contributed by atoms with Crippen LogP contribution < -0.4 is 10.2 Å². The maximum Gasteiger partial charge on any atom is 0.251 e. The van der Waals surface area contributed by atoms with Crippen molar-refractivity contribution in [2.24, 2.45) is 0 Å². The Hall–Kier alpha value is -3.00. The molecule has 0 aliphatic carbocycles. The van der Waals surface area contributed by atoms with Crippen LogP contribution in [0.25, 0.3) is 11.1 Å². The highest BCUT2D eigenvalue weighted by Gasteiger charge is 2.20. The number of hydrogen-bond acceptors (Lipinski definition) is 3. The van der Waals surface area contributed by atoms with Gasteiger partial charge < -0.3 is 10.2 Å². The Labute approximate surface area is 198 Å². The normalized spacial score (nSPS) is 12.3. The average molecular weight is 464 g/mol. The minimum atomic E-state index is -0.162. The lowest BCUT2D eigenvalue weighted by Crippen LogP contribution is -2.24. The molecule has 0 bridgehead atoms. The molecule has 1 aliphatic rings. The number of nitrogens with one attached hydrogen (secondary N) is 1. The minimum absolute atomic E-state index is 0.162. The zero-order valence-corrected chi connectivity index (χ0v) is 19.1. The molecule has 0 radical (unpaired) electrons. The summed E-state index contributed by atoms with van der Waals surface area (Å²) in [7, 11) is 0. The topological polar surface area (TPSA) is 56.1 Å². The number of carbonyl (C=O) groups excluding carboxylic acids is 1. The zero-order valence-electron chi connectivity index (χ0n) is 17.6. The van der Waals surface area contributed by atoms with Crippen molar-refractivity contribution in [2.75, 3.05) is 24.5 Å². The molecule has 3 aromatic carbocycles. The number of carbonyl (C=O) groups is 1. The van der Waals surface area contributed by atoms with Gasteiger partial charge in [-0.05, 0) is 65.4 Å². The van der Waals surface area contributed by atoms with Crippen molar-refractivity contribution in [1.29, 1.82) is 5.26 Å². The van der Waals surface area contributed by atoms with Gasteiger partial charge in [0.1, 0.15) is 0 Å². The molecule has 32 heavy (non-hydrogen) atoms. The second kappa shape index (κ2) is 10.1. The molecule has 162 valence electrons. The second-order valence-corrected chi connectivity index (χ2v) is 8.65. The Balaban J connectivity index is 1.51. The van der Waals surface area contributed by atoms with Crippen molar-refractivity contribution in [3.63, 3.8) is 0 Å². The van der Waals surface area contributed by atoms with Crippen LogP contribution in [-0.2, 0) is 12.8 Å². The monoisotopic (exact) mass is 463 g/mol. The van der Waals surface area contributed by atoms with E-state index in [2.05, 4.69) is 28.4 Å². The second-order valence-electron chi connectivity index (χ2n) is 7.81. The Bertz CT molecular complexity index is 1190. The van der Waals surface area contributed by atoms with Crippen molar-refractivity contribution >= 4 is 34.8 Å². The fourth-order valence-corrected chi connectivity index (χ4v) is 4.51. The van der Waals surface area contributed by atoms with Gasteiger partial charge in [-0.15, -0.1) is 0 Å². The number of hydrogen-bond donors (Lipinski definition) is 1. The average Bonchev–Trinajstić information content (AvgIpc) is 3.21. The molecule has 0 unspecified atom stereocenters. The third-order valence-electron chi connectivity index (χ3n) is 5.72. The van der Waals surface area contributed by atoms with Crippen molar-refractivity contribution in [2.45, 2.75) is 19.3 Å². The van der Waals surface area contributed by atoms with Crippen LogP contribution in [0.5, 0.6) is 0 Å². The highest BCUT2D eigenvalue weighted by Crippen LogP contribution is 2.33. The third-order valence-corrected chi connectivity index (χ3v) is 6.31. The fraction of sp³-hybridized carbons (Fsp3) is 0.231. The molecule has 4 nitrogen and oxygen atoms in total. The Kier molecular flexibility index (Phi) is 6.99. The molecule has 0 aromatic heterocycles. The van der Waals surface area contributed by atoms with Gasteiger partial charge in [0, 0.05) is 40.9 Å². The van der Waals surface area contributed by atoms with Crippen LogP contribution in [0.1, 0.15) is 27.9 Å². The Morgan fingerprint density at radius 3 is 2.72 bits per heavy atom. The standard InChI is InChI=1S/C26H23Cl2N3O/c27-23-8-7-18(24(28)17-23)9-13-31-14-10-19-5-6-21(16-25(19)31)20-3-1-4-22(15-20)26(32)30-12-2-11-29/h1,3-8,15-17H,2,9-10,12-14H2,(H,30,32). The quantitative estimate of drug-likeness (QED) is 0.443. The summed E-state index contributed by atoms with van der Waals surface area (Å²) in [5, 5.41) is 12.8. The molecule has 1 N–H and O–H groups in total. The summed E-state index contributed by atoms with van der Waals surface area (Å²) in [6.45, 7) is 2.20. The molecule has 4 rings (SSSR count). The summed E-state index contributed by atoms with van der Waals surface area (Å²) >= 11 is 12.4. The van der Waals surface area contributed by atoms with Crippen LogP contribution in [0.3, 0.4) is 0 Å². The molecular weight excluding hydrogens is 441 g/mol. The van der Waals surface area contributed by atoms with Crippen LogP contribution >= 0.6 is 23.2 Å². The van der Waals surface area contributed by atoms with Gasteiger partial charge in [-0.3, -0.25) is 4.79 Å². The number of rotatable bonds is 7. The molecule has 0 atom stereocenters. The largest absolute Gasteiger partial charge is 0.371 e. The van der Waals surface area contributed by atoms with Crippen molar-refractivity contribution in [3.05, 3.63) is 87.4 Å². The Morgan fingerprint density at radius 1 is 1.06 bits per heavy atom. The van der Waals surface area contributed by atoms with Crippen LogP contribution in [0, 0.1) is 11.3 Å². The van der Waals surface area contributed by atoms with E-state index in [0.717, 1.165) is 42.6 Å². The van der Waals surface area contributed by atoms with Gasteiger partial charge in [0.25, 0.3) is 5.91 Å². The van der Waals surface area contributed by atoms with E-state index in [9.17, 15) is 4.79 Å². The number of nitriles is 1. The van der Waals surface area contributed by atoms with Gasteiger partial charge in [-0.2, -0.15) is 5.26 Å². The molecule has 0 fully saturated rings. The van der Waals surface area contributed by atoms with Crippen molar-refractivity contribution in [1.82, 2.24) is 5.32 Å². The predicted octanol–water partition coefficient (Wildman–Crippen LogP) is 5.91. The zero-order chi connectivity index (χ0) is 22.5. The van der Waals surface area contributed by atoms with Crippen LogP contribution in [0.15, 0.2) is 60.7 Å². The van der Waals surface area contributed by atoms with E-state index in [1.807, 2.05) is 36.4 Å². The molecule has 0 saturated heterocycles. The first kappa shape index (κ1) is 22.2. The number of benzene rings is 3. The van der Waals surface area contributed by atoms with E-state index in [1.165, 1.54) is 11.3 Å². The number of halogens is 2. The number of nitrogens with zero attached hydrogens (tertiary/aromatic N) is 2. The fourth-order valence-electron chi connectivity index (χ4n) is 4.01. The summed E-state index contributed by atoms with van der Waals surface area (Å²) in [5.41, 5.74) is 6.32. The molecule has 6 heteroatoms. The molecule has 1 aliphatic heterocycles. The van der Waals surface area contributed by atoms with Crippen molar-refractivity contribution in [3.8, 4) is 17.2 Å². The lowest BCUT2D eigenvalue weighted by molar-refractivity contribution is 0.0954. The molecule has 1 heterocycles. The van der Waals surface area contributed by atoms with E-state index in [0.29, 0.717) is 28.6 Å². The summed E-state index contributed by atoms with van der Waals surface area (Å²) in [6, 6.07) is 21.8. The number of amides is 1. The smallest absolute Gasteiger partial charge is 0.251 e. The first-order chi connectivity index (χ1) is 15.5. The van der Waals surface area contributed by atoms with Crippen LogP contribution in [-0.4, -0.2) is 25.5 Å². The van der Waals surface area contributed by atoms with Gasteiger partial charge in [0.2, 0.25) is 0 Å². The molecule has 0 saturated carbocycles. The van der Waals surface area contributed by atoms with Crippen LogP contribution in [0.4, 0.5) is 5.69 Å². The number of anilines is 1. The van der Waals surface area contributed by atoms with Gasteiger partial charge in [-0.1, -0.05) is 53.5 Å². The van der Waals surface area contributed by atoms with E-state index in [4.69, 9.17) is 28.5 Å². The summed E-state index contributed by atoms with van der Waals surface area (Å²) in [5.74, 6) is -0.162. The SMILES string of the molecule is N#CCCNC(=O)c1cccc(-c2ccc3c(c2)N(CCc2ccc(Cl)cc2Cl)CC3)c1. The highest BCUT2D eigenvalue weighted by molar-refractivity contribution is 6.35. The van der Waals surface area contributed by atoms with E-state index in [1.54, 1.807) is 12.1 Å². The summed E-state index contributed by atoms with van der Waals surface area (Å²) in [4.78, 5) is 14.8. The molecule has 1 amide bonds. The van der Waals surface area contributed by atoms with Gasteiger partial charge in [0.15, 0.2) is 0 Å². The molecular formula is C26H23Cl2N3O. The third kappa shape index (κ3) is 5.07. The molecule has 0 spiro atoms. The number of fused-ring (bicyclic) bond motifs is 1. The predicted molar refractivity (Wildman–Crippen MR) is 131 cm³/mol. The van der Waals surface area contributed by atoms with E-state index < -0.39 is 0 Å². The van der Waals surface area contributed by atoms with E-state index in [-0.39, 0.29) is 5.91 Å². The summed E-state index contributed by atoms with van der Waals surface area (Å²) < 4.78 is 0. The maximum atomic E-state index is 12.4. The Morgan fingerprint density at radius 2 is 1.91 bits per heavy atom. The minimum Gasteiger partial charge on any atom is -0.371 e. The highest BCUT2D eigenvalue weighted by atomic mass is 35.5. The van der Waals surface area contributed by atoms with Gasteiger partial charge in [0.05, 0.1) is 12.5 Å². The van der Waals surface area contributed by atoms with Crippen molar-refractivity contribution < 1.29 is 4.79 Å². The first-order valence-corrected chi connectivity index (χ1v) is 11.4. The lowest BCUT2D eigenvalue weighted by Gasteiger charge is -2.20. The van der Waals surface area contributed by atoms with Crippen LogP contribution in [0.2, 0.25) is 10.0 Å². The first-order valence-electron chi connectivity index (χ1n) is 10.6. The molecule has 3 aromatic rings. The van der Waals surface area contributed by atoms with Gasteiger partial charge >= 0.3 is 0 Å². The lowest BCUT2D eigenvalue weighted by atomic mass is 10.00. The summed E-state index contributed by atoms with van der Waals surface area (Å²) in [6.07, 6.45) is 2.16. The van der Waals surface area contributed by atoms with E-state index >= 15 is 0 Å².